The average molecular weight is 893 g/mol. The van der Waals surface area contributed by atoms with Gasteiger partial charge < -0.3 is 23.9 Å². The highest BCUT2D eigenvalue weighted by atomic mass is 32.1. The monoisotopic (exact) mass is 892 g/mol. The Morgan fingerprint density at radius 2 is 1.60 bits per heavy atom. The number of nitrogens with one attached hydrogen (secondary N) is 2. The van der Waals surface area contributed by atoms with Gasteiger partial charge in [-0.3, -0.25) is 10.1 Å². The molecule has 3 aromatic heterocycles. The number of carbonyl (C=O) groups is 2. The molecule has 334 valence electrons. The van der Waals surface area contributed by atoms with Gasteiger partial charge in [-0.05, 0) is 92.0 Å². The van der Waals surface area contributed by atoms with Gasteiger partial charge in [0.05, 0.1) is 41.7 Å². The number of fused-ring (bicyclic) bond motifs is 2. The molecule has 0 bridgehead atoms. The van der Waals surface area contributed by atoms with Gasteiger partial charge in [-0.1, -0.05) is 101 Å². The van der Waals surface area contributed by atoms with Crippen molar-refractivity contribution in [2.24, 2.45) is 10.2 Å². The van der Waals surface area contributed by atoms with Gasteiger partial charge in [-0.2, -0.15) is 9.64 Å². The summed E-state index contributed by atoms with van der Waals surface area (Å²) in [5.74, 6) is 0.745. The summed E-state index contributed by atoms with van der Waals surface area (Å²) in [6.07, 6.45) is 10.6. The molecule has 1 atom stereocenters. The first kappa shape index (κ1) is 45.8. The molecule has 0 saturated heterocycles. The van der Waals surface area contributed by atoms with Crippen LogP contribution in [0.1, 0.15) is 116 Å². The number of rotatable bonds is 21. The molecule has 15 heteroatoms. The first-order valence-corrected chi connectivity index (χ1v) is 22.8. The van der Waals surface area contributed by atoms with Crippen LogP contribution in [0.3, 0.4) is 0 Å². The number of anilines is 2. The normalized spacial score (nSPS) is 11.7. The maximum Gasteiger partial charge on any atom is 0.411 e. The molecule has 2 amide bonds. The molecular formula is C50H52N8O6S. The Morgan fingerprint density at radius 3 is 2.37 bits per heavy atom. The number of aryl methyl sites for hydroxylation is 2. The van der Waals surface area contributed by atoms with Crippen LogP contribution in [0.5, 0.6) is 11.5 Å². The SMILES string of the molecule is CCCCCCCCCCCCOc1ccccc1C(Oc1c(C)cc(N=Nc2snc3nc(C)c(C#N)cc23)cc1NC(=O)c1cccc(NC(=O)OC)c1)c1nc2ccccc2o1. The van der Waals surface area contributed by atoms with Crippen molar-refractivity contribution in [3.8, 4) is 17.6 Å². The Hall–Kier alpha value is -7.18. The highest BCUT2D eigenvalue weighted by Gasteiger charge is 2.29. The van der Waals surface area contributed by atoms with Crippen LogP contribution in [0, 0.1) is 25.2 Å². The van der Waals surface area contributed by atoms with Crippen LogP contribution >= 0.6 is 11.5 Å². The van der Waals surface area contributed by atoms with E-state index < -0.39 is 18.1 Å². The van der Waals surface area contributed by atoms with E-state index in [0.29, 0.717) is 84.9 Å². The van der Waals surface area contributed by atoms with Gasteiger partial charge in [0.2, 0.25) is 12.0 Å². The second kappa shape index (κ2) is 22.4. The zero-order valence-electron chi connectivity index (χ0n) is 37.1. The van der Waals surface area contributed by atoms with Crippen LogP contribution in [-0.2, 0) is 4.74 Å². The lowest BCUT2D eigenvalue weighted by atomic mass is 10.1. The van der Waals surface area contributed by atoms with Gasteiger partial charge in [0.25, 0.3) is 5.91 Å². The van der Waals surface area contributed by atoms with Crippen LogP contribution < -0.4 is 20.1 Å². The average Bonchev–Trinajstić information content (AvgIpc) is 3.93. The standard InChI is InChI=1S/C50H52N8O6S/c1-5-6-7-8-9-10-11-12-13-18-26-62-42-24-16-14-22-38(42)45(48-55-40-23-15-17-25-43(40)63-48)64-44-32(2)27-37(56-57-49-39-29-35(31-51)33(3)52-46(39)58-65-49)30-41(44)54-47(59)34-20-19-21-36(28-34)53-50(60)61-4/h14-17,19-25,27-30,45H,5-13,18,26H2,1-4H3,(H,53,60)(H,54,59). The third-order valence-electron chi connectivity index (χ3n) is 10.8. The summed E-state index contributed by atoms with van der Waals surface area (Å²) in [7, 11) is 1.26. The zero-order valence-corrected chi connectivity index (χ0v) is 37.9. The second-order valence-electron chi connectivity index (χ2n) is 15.7. The number of aromatic nitrogens is 3. The highest BCUT2D eigenvalue weighted by Crippen LogP contribution is 2.42. The Kier molecular flexibility index (Phi) is 15.8. The van der Waals surface area contributed by atoms with Gasteiger partial charge in [0.15, 0.2) is 16.2 Å². The van der Waals surface area contributed by atoms with E-state index in [9.17, 15) is 14.9 Å². The van der Waals surface area contributed by atoms with E-state index in [2.05, 4.69) is 43.2 Å². The fourth-order valence-corrected chi connectivity index (χ4v) is 8.01. The van der Waals surface area contributed by atoms with Gasteiger partial charge in [-0.15, -0.1) is 10.2 Å². The molecule has 0 aliphatic heterocycles. The third kappa shape index (κ3) is 11.9. The number of carbonyl (C=O) groups excluding carboxylic acids is 2. The van der Waals surface area contributed by atoms with Crippen molar-refractivity contribution in [2.45, 2.75) is 91.1 Å². The summed E-state index contributed by atoms with van der Waals surface area (Å²) < 4.78 is 29.0. The van der Waals surface area contributed by atoms with E-state index in [0.717, 1.165) is 24.4 Å². The summed E-state index contributed by atoms with van der Waals surface area (Å²) in [6, 6.07) is 28.9. The minimum absolute atomic E-state index is 0.253. The van der Waals surface area contributed by atoms with Crippen molar-refractivity contribution in [1.29, 1.82) is 5.26 Å². The van der Waals surface area contributed by atoms with Crippen LogP contribution in [0.25, 0.3) is 22.1 Å². The zero-order chi connectivity index (χ0) is 45.5. The predicted octanol–water partition coefficient (Wildman–Crippen LogP) is 13.6. The molecule has 0 spiro atoms. The van der Waals surface area contributed by atoms with Crippen molar-refractivity contribution in [3.63, 3.8) is 0 Å². The number of nitrogens with zero attached hydrogens (tertiary/aromatic N) is 6. The second-order valence-corrected chi connectivity index (χ2v) is 16.4. The van der Waals surface area contributed by atoms with Crippen LogP contribution in [0.2, 0.25) is 0 Å². The Labute approximate surface area is 382 Å². The van der Waals surface area contributed by atoms with E-state index in [1.807, 2.05) is 55.5 Å². The molecule has 0 saturated carbocycles. The number of hydrogen-bond acceptors (Lipinski definition) is 13. The molecule has 7 rings (SSSR count). The Balaban J connectivity index is 1.21. The largest absolute Gasteiger partial charge is 0.493 e. The maximum atomic E-state index is 14.1. The summed E-state index contributed by atoms with van der Waals surface area (Å²) >= 11 is 1.11. The summed E-state index contributed by atoms with van der Waals surface area (Å²) in [5, 5.41) is 25.4. The highest BCUT2D eigenvalue weighted by molar-refractivity contribution is 7.11. The number of azo groups is 1. The number of oxazole rings is 1. The summed E-state index contributed by atoms with van der Waals surface area (Å²) in [6.45, 7) is 6.37. The summed E-state index contributed by atoms with van der Waals surface area (Å²) in [5.41, 5.74) is 5.29. The maximum absolute atomic E-state index is 14.1. The van der Waals surface area contributed by atoms with E-state index in [1.54, 1.807) is 43.3 Å². The van der Waals surface area contributed by atoms with E-state index in [1.165, 1.54) is 64.5 Å². The van der Waals surface area contributed by atoms with Crippen molar-refractivity contribution in [2.75, 3.05) is 24.4 Å². The number of benzene rings is 4. The van der Waals surface area contributed by atoms with Crippen molar-refractivity contribution in [1.82, 2.24) is 14.3 Å². The first-order chi connectivity index (χ1) is 31.7. The number of ether oxygens (including phenoxy) is 3. The minimum atomic E-state index is -0.922. The molecule has 65 heavy (non-hydrogen) atoms. The molecule has 0 fully saturated rings. The Bertz CT molecular complexity index is 2800. The number of pyridine rings is 1. The van der Waals surface area contributed by atoms with Gasteiger partial charge in [0, 0.05) is 16.8 Å². The van der Waals surface area contributed by atoms with Crippen molar-refractivity contribution >= 4 is 67.7 Å². The molecule has 2 N–H and O–H groups in total. The van der Waals surface area contributed by atoms with E-state index >= 15 is 0 Å². The lowest BCUT2D eigenvalue weighted by molar-refractivity contribution is 0.102. The summed E-state index contributed by atoms with van der Waals surface area (Å²) in [4.78, 5) is 35.4. The smallest absolute Gasteiger partial charge is 0.411 e. The molecule has 7 aromatic rings. The molecule has 0 aliphatic rings. The number of unbranched alkanes of at least 4 members (excludes halogenated alkanes) is 9. The topological polar surface area (TPSA) is 186 Å². The quantitative estimate of drug-likeness (QED) is 0.0519. The van der Waals surface area contributed by atoms with E-state index in [-0.39, 0.29) is 11.3 Å². The lowest BCUT2D eigenvalue weighted by Gasteiger charge is -2.23. The predicted molar refractivity (Wildman–Crippen MR) is 253 cm³/mol. The molecule has 1 unspecified atom stereocenters. The van der Waals surface area contributed by atoms with Crippen molar-refractivity contribution < 1.29 is 28.2 Å². The molecule has 0 aliphatic carbocycles. The molecule has 14 nitrogen and oxygen atoms in total. The molecular weight excluding hydrogens is 841 g/mol. The lowest BCUT2D eigenvalue weighted by Crippen LogP contribution is -2.17. The van der Waals surface area contributed by atoms with E-state index in [4.69, 9.17) is 23.6 Å². The van der Waals surface area contributed by atoms with Crippen LogP contribution in [0.15, 0.2) is 106 Å². The molecule has 3 heterocycles. The number of hydrogen-bond donors (Lipinski definition) is 2. The van der Waals surface area contributed by atoms with Crippen LogP contribution in [-0.4, -0.2) is 40.1 Å². The van der Waals surface area contributed by atoms with Crippen molar-refractivity contribution in [3.05, 3.63) is 125 Å². The number of para-hydroxylation sites is 3. The van der Waals surface area contributed by atoms with Gasteiger partial charge in [0.1, 0.15) is 23.1 Å². The fourth-order valence-electron chi connectivity index (χ4n) is 7.37. The first-order valence-electron chi connectivity index (χ1n) is 22.0. The van der Waals surface area contributed by atoms with Crippen LogP contribution in [0.4, 0.5) is 26.9 Å². The Morgan fingerprint density at radius 1 is 0.846 bits per heavy atom. The minimum Gasteiger partial charge on any atom is -0.493 e. The number of amides is 2. The number of nitriles is 1. The van der Waals surface area contributed by atoms with Gasteiger partial charge >= 0.3 is 6.09 Å². The third-order valence-corrected chi connectivity index (χ3v) is 11.5. The number of methoxy groups -OCH3 is 1. The molecule has 4 aromatic carbocycles. The molecule has 0 radical (unpaired) electrons. The fraction of sp³-hybridized carbons (Fsp3) is 0.320. The van der Waals surface area contributed by atoms with Gasteiger partial charge in [-0.25, -0.2) is 14.8 Å².